The second-order valence-electron chi connectivity index (χ2n) is 7.72. The van der Waals surface area contributed by atoms with Gasteiger partial charge in [-0.25, -0.2) is 4.99 Å². The number of benzene rings is 1. The molecular formula is C21H31ClIN7. The van der Waals surface area contributed by atoms with Crippen molar-refractivity contribution in [3.05, 3.63) is 40.4 Å². The van der Waals surface area contributed by atoms with Crippen molar-refractivity contribution in [1.82, 2.24) is 25.0 Å². The van der Waals surface area contributed by atoms with E-state index in [0.29, 0.717) is 6.54 Å². The average Bonchev–Trinajstić information content (AvgIpc) is 3.16. The Labute approximate surface area is 200 Å². The third-order valence-corrected chi connectivity index (χ3v) is 5.97. The summed E-state index contributed by atoms with van der Waals surface area (Å²) < 4.78 is 2.25. The molecule has 2 aliphatic rings. The molecule has 0 unspecified atom stereocenters. The van der Waals surface area contributed by atoms with E-state index in [1.807, 2.05) is 6.07 Å². The molecular weight excluding hydrogens is 513 g/mol. The Balaban J connectivity index is 0.00000256. The van der Waals surface area contributed by atoms with Gasteiger partial charge < -0.3 is 19.7 Å². The predicted octanol–water partition coefficient (Wildman–Crippen LogP) is 3.48. The smallest absolute Gasteiger partial charge is 0.194 e. The Morgan fingerprint density at radius 1 is 1.13 bits per heavy atom. The second kappa shape index (κ2) is 10.7. The predicted molar refractivity (Wildman–Crippen MR) is 133 cm³/mol. The van der Waals surface area contributed by atoms with Crippen molar-refractivity contribution < 1.29 is 0 Å². The molecule has 0 saturated carbocycles. The molecule has 0 aliphatic carbocycles. The van der Waals surface area contributed by atoms with Gasteiger partial charge in [-0.15, -0.1) is 34.2 Å². The number of fused-ring (bicyclic) bond motifs is 1. The Hall–Kier alpha value is -1.55. The molecule has 3 heterocycles. The second-order valence-corrected chi connectivity index (χ2v) is 8.15. The van der Waals surface area contributed by atoms with Gasteiger partial charge in [-0.05, 0) is 44.4 Å². The number of aryl methyl sites for hydroxylation is 2. The van der Waals surface area contributed by atoms with Gasteiger partial charge in [0.2, 0.25) is 0 Å². The molecule has 30 heavy (non-hydrogen) atoms. The van der Waals surface area contributed by atoms with Crippen molar-refractivity contribution in [1.29, 1.82) is 0 Å². The Bertz CT molecular complexity index is 874. The van der Waals surface area contributed by atoms with E-state index in [0.717, 1.165) is 68.3 Å². The lowest BCUT2D eigenvalue weighted by molar-refractivity contribution is 0.372. The molecule has 2 aromatic rings. The first-order valence-electron chi connectivity index (χ1n) is 10.6. The third-order valence-electron chi connectivity index (χ3n) is 5.73. The van der Waals surface area contributed by atoms with Crippen LogP contribution in [0.5, 0.6) is 0 Å². The number of hydrogen-bond acceptors (Lipinski definition) is 4. The topological polar surface area (TPSA) is 61.6 Å². The van der Waals surface area contributed by atoms with Crippen LogP contribution in [0.4, 0.5) is 5.69 Å². The molecule has 4 rings (SSSR count). The summed E-state index contributed by atoms with van der Waals surface area (Å²) in [5, 5.41) is 13.0. The molecule has 0 bridgehead atoms. The molecule has 2 aliphatic heterocycles. The molecule has 1 aromatic heterocycles. The van der Waals surface area contributed by atoms with Crippen molar-refractivity contribution in [3.63, 3.8) is 0 Å². The number of anilines is 1. The molecule has 1 N–H and O–H groups in total. The van der Waals surface area contributed by atoms with E-state index in [1.165, 1.54) is 24.1 Å². The van der Waals surface area contributed by atoms with E-state index in [2.05, 4.69) is 55.9 Å². The maximum atomic E-state index is 6.22. The number of nitrogens with one attached hydrogen (secondary N) is 1. The number of aromatic nitrogens is 3. The van der Waals surface area contributed by atoms with Crippen molar-refractivity contribution in [2.75, 3.05) is 37.6 Å². The summed E-state index contributed by atoms with van der Waals surface area (Å²) in [7, 11) is 0. The zero-order chi connectivity index (χ0) is 20.2. The van der Waals surface area contributed by atoms with Gasteiger partial charge in [-0.1, -0.05) is 17.7 Å². The fourth-order valence-electron chi connectivity index (χ4n) is 4.14. The van der Waals surface area contributed by atoms with Gasteiger partial charge in [-0.2, -0.15) is 0 Å². The maximum absolute atomic E-state index is 6.22. The van der Waals surface area contributed by atoms with Gasteiger partial charge in [0.05, 0.1) is 0 Å². The van der Waals surface area contributed by atoms with Crippen molar-refractivity contribution >= 4 is 47.2 Å². The molecule has 0 atom stereocenters. The van der Waals surface area contributed by atoms with E-state index in [4.69, 9.17) is 16.6 Å². The lowest BCUT2D eigenvalue weighted by Crippen LogP contribution is -2.52. The minimum Gasteiger partial charge on any atom is -0.368 e. The van der Waals surface area contributed by atoms with Crippen LogP contribution in [0.2, 0.25) is 5.02 Å². The van der Waals surface area contributed by atoms with Crippen LogP contribution in [0.1, 0.15) is 37.0 Å². The zero-order valence-corrected chi connectivity index (χ0v) is 20.9. The molecule has 7 nitrogen and oxygen atoms in total. The first-order valence-corrected chi connectivity index (χ1v) is 11.0. The summed E-state index contributed by atoms with van der Waals surface area (Å²) in [6.45, 7) is 10.4. The third kappa shape index (κ3) is 5.19. The first-order chi connectivity index (χ1) is 14.2. The number of piperazine rings is 1. The number of halogens is 2. The average molecular weight is 544 g/mol. The van der Waals surface area contributed by atoms with Gasteiger partial charge in [0.15, 0.2) is 11.8 Å². The van der Waals surface area contributed by atoms with E-state index < -0.39 is 0 Å². The highest BCUT2D eigenvalue weighted by molar-refractivity contribution is 14.0. The Morgan fingerprint density at radius 2 is 1.93 bits per heavy atom. The van der Waals surface area contributed by atoms with E-state index in [-0.39, 0.29) is 24.0 Å². The van der Waals surface area contributed by atoms with Crippen LogP contribution in [0.25, 0.3) is 0 Å². The summed E-state index contributed by atoms with van der Waals surface area (Å²) in [6.07, 6.45) is 3.44. The standard InChI is InChI=1S/C21H30ClN7.HI/c1-3-23-21(24-15-20-26-25-19-6-4-5-9-29(19)20)28-12-10-27(11-13-28)18-14-17(22)8-7-16(18)2;/h7-8,14H,3-6,9-13,15H2,1-2H3,(H,23,24);1H. The van der Waals surface area contributed by atoms with Crippen LogP contribution in [0.15, 0.2) is 23.2 Å². The van der Waals surface area contributed by atoms with Gasteiger partial charge >= 0.3 is 0 Å². The summed E-state index contributed by atoms with van der Waals surface area (Å²) in [4.78, 5) is 9.64. The molecule has 164 valence electrons. The summed E-state index contributed by atoms with van der Waals surface area (Å²) in [6, 6.07) is 6.12. The zero-order valence-electron chi connectivity index (χ0n) is 17.8. The van der Waals surface area contributed by atoms with E-state index >= 15 is 0 Å². The minimum atomic E-state index is 0. The molecule has 0 spiro atoms. The maximum Gasteiger partial charge on any atom is 0.194 e. The highest BCUT2D eigenvalue weighted by Gasteiger charge is 2.22. The highest BCUT2D eigenvalue weighted by Crippen LogP contribution is 2.25. The van der Waals surface area contributed by atoms with Crippen LogP contribution in [-0.4, -0.2) is 58.3 Å². The monoisotopic (exact) mass is 543 g/mol. The minimum absolute atomic E-state index is 0. The summed E-state index contributed by atoms with van der Waals surface area (Å²) in [5.74, 6) is 3.04. The van der Waals surface area contributed by atoms with Crippen LogP contribution >= 0.6 is 35.6 Å². The van der Waals surface area contributed by atoms with Crippen LogP contribution in [0, 0.1) is 6.92 Å². The SMILES string of the molecule is CCNC(=NCc1nnc2n1CCCC2)N1CCN(c2cc(Cl)ccc2C)CC1.I. The molecule has 0 amide bonds. The Kier molecular flexibility index (Phi) is 8.21. The van der Waals surface area contributed by atoms with Crippen molar-refractivity contribution in [2.24, 2.45) is 4.99 Å². The fraction of sp³-hybridized carbons (Fsp3) is 0.571. The molecule has 1 fully saturated rings. The summed E-state index contributed by atoms with van der Waals surface area (Å²) in [5.41, 5.74) is 2.49. The first kappa shape index (κ1) is 23.1. The number of guanidine groups is 1. The van der Waals surface area contributed by atoms with Gasteiger partial charge in [0.1, 0.15) is 12.4 Å². The largest absolute Gasteiger partial charge is 0.368 e. The number of rotatable bonds is 4. The van der Waals surface area contributed by atoms with Crippen molar-refractivity contribution in [2.45, 2.75) is 46.2 Å². The fourth-order valence-corrected chi connectivity index (χ4v) is 4.31. The van der Waals surface area contributed by atoms with Gasteiger partial charge in [0, 0.05) is 56.4 Å². The summed E-state index contributed by atoms with van der Waals surface area (Å²) >= 11 is 6.22. The van der Waals surface area contributed by atoms with E-state index in [1.54, 1.807) is 0 Å². The lowest BCUT2D eigenvalue weighted by Gasteiger charge is -2.38. The van der Waals surface area contributed by atoms with Crippen LogP contribution in [0.3, 0.4) is 0 Å². The number of nitrogens with zero attached hydrogens (tertiary/aromatic N) is 6. The lowest BCUT2D eigenvalue weighted by atomic mass is 10.1. The molecule has 1 saturated heterocycles. The molecule has 1 aromatic carbocycles. The van der Waals surface area contributed by atoms with Crippen molar-refractivity contribution in [3.8, 4) is 0 Å². The molecule has 0 radical (unpaired) electrons. The van der Waals surface area contributed by atoms with Gasteiger partial charge in [0.25, 0.3) is 0 Å². The quantitative estimate of drug-likeness (QED) is 0.364. The number of hydrogen-bond donors (Lipinski definition) is 1. The highest BCUT2D eigenvalue weighted by atomic mass is 127. The van der Waals surface area contributed by atoms with Crippen LogP contribution in [-0.2, 0) is 19.5 Å². The number of aliphatic imine (C=N–C) groups is 1. The van der Waals surface area contributed by atoms with Crippen LogP contribution < -0.4 is 10.2 Å². The van der Waals surface area contributed by atoms with E-state index in [9.17, 15) is 0 Å². The van der Waals surface area contributed by atoms with Gasteiger partial charge in [-0.3, -0.25) is 0 Å². The normalized spacial score (nSPS) is 16.8. The Morgan fingerprint density at radius 3 is 2.70 bits per heavy atom. The molecule has 9 heteroatoms.